The fraction of sp³-hybridized carbons (Fsp3) is 0.312. The lowest BCUT2D eigenvalue weighted by molar-refractivity contribution is 0.463. The van der Waals surface area contributed by atoms with E-state index in [1.165, 1.54) is 0 Å². The maximum Gasteiger partial charge on any atom is 0.173 e. The van der Waals surface area contributed by atoms with Crippen molar-refractivity contribution >= 4 is 21.7 Å². The molecule has 2 rings (SSSR count). The van der Waals surface area contributed by atoms with Gasteiger partial charge in [-0.2, -0.15) is 5.11 Å². The van der Waals surface area contributed by atoms with Crippen LogP contribution in [0.1, 0.15) is 31.9 Å². The molecule has 0 aliphatic rings. The molecule has 4 nitrogen and oxygen atoms in total. The average Bonchev–Trinajstić information content (AvgIpc) is 2.43. The Morgan fingerprint density at radius 2 is 2.00 bits per heavy atom. The van der Waals surface area contributed by atoms with Crippen LogP contribution in [0.15, 0.2) is 51.2 Å². The highest BCUT2D eigenvalue weighted by molar-refractivity contribution is 9.10. The van der Waals surface area contributed by atoms with Gasteiger partial charge in [-0.1, -0.05) is 26.8 Å². The number of hydrogen-bond acceptors (Lipinski definition) is 4. The van der Waals surface area contributed by atoms with E-state index in [1.807, 2.05) is 24.3 Å². The van der Waals surface area contributed by atoms with Crippen LogP contribution in [0.3, 0.4) is 0 Å². The van der Waals surface area contributed by atoms with Gasteiger partial charge in [-0.05, 0) is 51.2 Å². The summed E-state index contributed by atoms with van der Waals surface area (Å²) in [5, 5.41) is 18.3. The molecule has 0 atom stereocenters. The zero-order valence-electron chi connectivity index (χ0n) is 12.3. The second-order valence-corrected chi connectivity index (χ2v) is 6.66. The van der Waals surface area contributed by atoms with Gasteiger partial charge in [0.2, 0.25) is 0 Å². The lowest BCUT2D eigenvalue weighted by atomic mass is 9.86. The number of halogens is 1. The van der Waals surface area contributed by atoms with E-state index < -0.39 is 0 Å². The van der Waals surface area contributed by atoms with Crippen molar-refractivity contribution < 1.29 is 5.11 Å². The second kappa shape index (κ2) is 6.35. The summed E-state index contributed by atoms with van der Waals surface area (Å²) in [6.07, 6.45) is 1.67. The van der Waals surface area contributed by atoms with E-state index >= 15 is 0 Å². The summed E-state index contributed by atoms with van der Waals surface area (Å²) in [7, 11) is 0. The molecule has 0 spiro atoms. The van der Waals surface area contributed by atoms with Crippen LogP contribution < -0.4 is 0 Å². The minimum Gasteiger partial charge on any atom is -0.506 e. The molecule has 1 aromatic carbocycles. The summed E-state index contributed by atoms with van der Waals surface area (Å²) in [4.78, 5) is 4.07. The molecule has 0 amide bonds. The topological polar surface area (TPSA) is 57.8 Å². The molecule has 0 aliphatic heterocycles. The van der Waals surface area contributed by atoms with Crippen molar-refractivity contribution in [1.82, 2.24) is 4.98 Å². The Bertz CT molecular complexity index is 649. The first-order valence-electron chi connectivity index (χ1n) is 6.68. The summed E-state index contributed by atoms with van der Waals surface area (Å²) >= 11 is 3.39. The molecule has 1 N–H and O–H groups in total. The Kier molecular flexibility index (Phi) is 4.73. The number of benzene rings is 1. The van der Waals surface area contributed by atoms with Crippen LogP contribution in [0.4, 0.5) is 5.82 Å². The van der Waals surface area contributed by atoms with Crippen LogP contribution in [-0.4, -0.2) is 10.1 Å². The highest BCUT2D eigenvalue weighted by Gasteiger charge is 2.17. The van der Waals surface area contributed by atoms with E-state index in [-0.39, 0.29) is 11.2 Å². The minimum atomic E-state index is 0.00307. The minimum absolute atomic E-state index is 0.00307. The number of azo groups is 1. The van der Waals surface area contributed by atoms with Crippen molar-refractivity contribution in [2.24, 2.45) is 10.2 Å². The Hall–Kier alpha value is -1.75. The number of phenolic OH excluding ortho intramolecular Hbond substituents is 1. The Labute approximate surface area is 133 Å². The first-order chi connectivity index (χ1) is 9.88. The highest BCUT2D eigenvalue weighted by atomic mass is 79.9. The number of aromatic nitrogens is 1. The van der Waals surface area contributed by atoms with Crippen LogP contribution in [0.2, 0.25) is 0 Å². The Balaban J connectivity index is 2.24. The summed E-state index contributed by atoms with van der Waals surface area (Å²) in [6, 6.07) is 9.38. The fourth-order valence-electron chi connectivity index (χ4n) is 1.81. The molecule has 1 heterocycles. The van der Waals surface area contributed by atoms with Crippen molar-refractivity contribution in [2.45, 2.75) is 32.7 Å². The molecule has 0 bridgehead atoms. The molecule has 2 aromatic rings. The zero-order valence-corrected chi connectivity index (χ0v) is 13.9. The van der Waals surface area contributed by atoms with Gasteiger partial charge in [-0.3, -0.25) is 0 Å². The van der Waals surface area contributed by atoms with Gasteiger partial charge in [0.05, 0.1) is 11.0 Å². The molecule has 110 valence electrons. The molecule has 5 heteroatoms. The summed E-state index contributed by atoms with van der Waals surface area (Å²) in [5.74, 6) is 0.769. The molecular formula is C16H18BrN3O. The van der Waals surface area contributed by atoms with Gasteiger partial charge in [-0.15, -0.1) is 5.11 Å². The van der Waals surface area contributed by atoms with Crippen LogP contribution in [0.25, 0.3) is 0 Å². The van der Waals surface area contributed by atoms with Crippen molar-refractivity contribution in [3.05, 3.63) is 52.1 Å². The molecule has 0 fully saturated rings. The summed E-state index contributed by atoms with van der Waals surface area (Å²) in [6.45, 7) is 6.70. The number of aromatic hydroxyl groups is 1. The molecule has 0 aliphatic carbocycles. The van der Waals surface area contributed by atoms with Gasteiger partial charge in [0.15, 0.2) is 5.82 Å². The molecule has 1 aromatic heterocycles. The second-order valence-electron chi connectivity index (χ2n) is 5.80. The van der Waals surface area contributed by atoms with E-state index in [4.69, 9.17) is 0 Å². The summed E-state index contributed by atoms with van der Waals surface area (Å²) < 4.78 is 0.679. The van der Waals surface area contributed by atoms with Gasteiger partial charge >= 0.3 is 0 Å². The van der Waals surface area contributed by atoms with Gasteiger partial charge in [0.1, 0.15) is 5.75 Å². The van der Waals surface area contributed by atoms with E-state index in [9.17, 15) is 5.11 Å². The van der Waals surface area contributed by atoms with E-state index in [1.54, 1.807) is 12.3 Å². The molecule has 21 heavy (non-hydrogen) atoms. The fourth-order valence-corrected chi connectivity index (χ4v) is 2.31. The number of nitrogens with zero attached hydrogens (tertiary/aromatic N) is 3. The third kappa shape index (κ3) is 4.11. The number of phenols is 1. The maximum absolute atomic E-state index is 10.1. The monoisotopic (exact) mass is 347 g/mol. The van der Waals surface area contributed by atoms with Crippen LogP contribution in [-0.2, 0) is 12.0 Å². The molecule has 0 saturated carbocycles. The maximum atomic E-state index is 10.1. The van der Waals surface area contributed by atoms with Crippen molar-refractivity contribution in [3.8, 4) is 5.75 Å². The number of hydrogen-bond donors (Lipinski definition) is 1. The standard InChI is InChI=1S/C16H18BrN3O/c1-16(2,3)12-8-11(15(21)13(17)9-12)10-19-20-14-6-4-5-7-18-14/h4-9,21H,10H2,1-3H3. The van der Waals surface area contributed by atoms with Gasteiger partial charge in [0.25, 0.3) is 0 Å². The van der Waals surface area contributed by atoms with Gasteiger partial charge in [0, 0.05) is 11.8 Å². The van der Waals surface area contributed by atoms with Crippen molar-refractivity contribution in [3.63, 3.8) is 0 Å². The van der Waals surface area contributed by atoms with Crippen molar-refractivity contribution in [2.75, 3.05) is 0 Å². The Morgan fingerprint density at radius 1 is 1.24 bits per heavy atom. The normalized spacial score (nSPS) is 12.0. The predicted molar refractivity (Wildman–Crippen MR) is 87.0 cm³/mol. The molecule has 0 saturated heterocycles. The Morgan fingerprint density at radius 3 is 2.62 bits per heavy atom. The lowest BCUT2D eigenvalue weighted by Gasteiger charge is -2.20. The lowest BCUT2D eigenvalue weighted by Crippen LogP contribution is -2.11. The van der Waals surface area contributed by atoms with Crippen LogP contribution in [0, 0.1) is 0 Å². The molecule has 0 unspecified atom stereocenters. The number of pyridine rings is 1. The summed E-state index contributed by atoms with van der Waals surface area (Å²) in [5.41, 5.74) is 1.88. The highest BCUT2D eigenvalue weighted by Crippen LogP contribution is 2.34. The molecule has 0 radical (unpaired) electrons. The third-order valence-corrected chi connectivity index (χ3v) is 3.68. The molecular weight excluding hydrogens is 330 g/mol. The largest absolute Gasteiger partial charge is 0.506 e. The third-order valence-electron chi connectivity index (χ3n) is 3.07. The van der Waals surface area contributed by atoms with E-state index in [0.29, 0.717) is 16.8 Å². The smallest absolute Gasteiger partial charge is 0.173 e. The van der Waals surface area contributed by atoms with Crippen LogP contribution in [0.5, 0.6) is 5.75 Å². The number of rotatable bonds is 3. The van der Waals surface area contributed by atoms with Gasteiger partial charge < -0.3 is 5.11 Å². The van der Waals surface area contributed by atoms with Crippen LogP contribution >= 0.6 is 15.9 Å². The van der Waals surface area contributed by atoms with E-state index in [0.717, 1.165) is 11.1 Å². The zero-order chi connectivity index (χ0) is 15.5. The predicted octanol–water partition coefficient (Wildman–Crippen LogP) is 5.13. The average molecular weight is 348 g/mol. The quantitative estimate of drug-likeness (QED) is 0.782. The first-order valence-corrected chi connectivity index (χ1v) is 7.47. The van der Waals surface area contributed by atoms with E-state index in [2.05, 4.69) is 51.9 Å². The SMILES string of the molecule is CC(C)(C)c1cc(Br)c(O)c(CN=Nc2ccccn2)c1. The first kappa shape index (κ1) is 15.6. The van der Waals surface area contributed by atoms with Gasteiger partial charge in [-0.25, -0.2) is 4.98 Å². The van der Waals surface area contributed by atoms with Crippen molar-refractivity contribution in [1.29, 1.82) is 0 Å².